The van der Waals surface area contributed by atoms with E-state index in [2.05, 4.69) is 30.5 Å². The van der Waals surface area contributed by atoms with Crippen LogP contribution in [0.3, 0.4) is 0 Å². The highest BCUT2D eigenvalue weighted by Crippen LogP contribution is 2.39. The molecule has 1 fully saturated rings. The first-order chi connectivity index (χ1) is 9.10. The highest BCUT2D eigenvalue weighted by molar-refractivity contribution is 5.31. The van der Waals surface area contributed by atoms with Gasteiger partial charge in [0.25, 0.3) is 0 Å². The van der Waals surface area contributed by atoms with Crippen LogP contribution in [-0.2, 0) is 0 Å². The van der Waals surface area contributed by atoms with Gasteiger partial charge in [0, 0.05) is 6.04 Å². The minimum Gasteiger partial charge on any atom is -0.491 e. The summed E-state index contributed by atoms with van der Waals surface area (Å²) in [6, 6.07) is 8.55. The molecule has 19 heavy (non-hydrogen) atoms. The van der Waals surface area contributed by atoms with Crippen LogP contribution in [0.2, 0.25) is 0 Å². The molecule has 3 heteroatoms. The zero-order valence-electron chi connectivity index (χ0n) is 12.2. The molecule has 1 aliphatic rings. The minimum atomic E-state index is 0.200. The van der Waals surface area contributed by atoms with Gasteiger partial charge in [-0.3, -0.25) is 11.3 Å². The molecule has 3 nitrogen and oxygen atoms in total. The molecule has 0 saturated heterocycles. The first-order valence-corrected chi connectivity index (χ1v) is 7.33. The van der Waals surface area contributed by atoms with Crippen molar-refractivity contribution in [1.82, 2.24) is 5.43 Å². The van der Waals surface area contributed by atoms with E-state index in [0.29, 0.717) is 5.92 Å². The second kappa shape index (κ2) is 6.40. The first kappa shape index (κ1) is 14.4. The molecule has 1 saturated carbocycles. The number of nitrogens with one attached hydrogen (secondary N) is 1. The largest absolute Gasteiger partial charge is 0.491 e. The maximum Gasteiger partial charge on any atom is 0.120 e. The number of hydrazine groups is 1. The molecule has 0 aromatic heterocycles. The Morgan fingerprint density at radius 1 is 1.32 bits per heavy atom. The lowest BCUT2D eigenvalue weighted by molar-refractivity contribution is 0.241. The number of hydrogen-bond acceptors (Lipinski definition) is 3. The van der Waals surface area contributed by atoms with Gasteiger partial charge in [-0.1, -0.05) is 25.5 Å². The molecule has 3 N–H and O–H groups in total. The van der Waals surface area contributed by atoms with E-state index in [0.717, 1.165) is 11.7 Å². The Bertz CT molecular complexity index is 405. The van der Waals surface area contributed by atoms with Crippen molar-refractivity contribution in [3.8, 4) is 5.75 Å². The fraction of sp³-hybridized carbons (Fsp3) is 0.625. The number of ether oxygens (including phenoxy) is 1. The van der Waals surface area contributed by atoms with Crippen LogP contribution in [0, 0.1) is 11.8 Å². The summed E-state index contributed by atoms with van der Waals surface area (Å²) >= 11 is 0. The summed E-state index contributed by atoms with van der Waals surface area (Å²) in [5, 5.41) is 0. The lowest BCUT2D eigenvalue weighted by atomic mass is 9.91. The molecule has 3 unspecified atom stereocenters. The molecule has 1 aliphatic carbocycles. The third kappa shape index (κ3) is 3.71. The van der Waals surface area contributed by atoms with Crippen molar-refractivity contribution in [2.45, 2.75) is 52.2 Å². The Morgan fingerprint density at radius 2 is 2.11 bits per heavy atom. The smallest absolute Gasteiger partial charge is 0.120 e. The SMILES string of the molecule is CC1CCC(C(NN)c2cccc(OC(C)C)c2)C1. The monoisotopic (exact) mass is 262 g/mol. The van der Waals surface area contributed by atoms with Crippen LogP contribution < -0.4 is 16.0 Å². The summed E-state index contributed by atoms with van der Waals surface area (Å²) in [5.41, 5.74) is 4.24. The lowest BCUT2D eigenvalue weighted by Gasteiger charge is -2.24. The van der Waals surface area contributed by atoms with Gasteiger partial charge in [-0.25, -0.2) is 0 Å². The van der Waals surface area contributed by atoms with Crippen LogP contribution >= 0.6 is 0 Å². The molecule has 106 valence electrons. The van der Waals surface area contributed by atoms with Gasteiger partial charge in [-0.05, 0) is 56.2 Å². The molecule has 0 bridgehead atoms. The van der Waals surface area contributed by atoms with Gasteiger partial charge in [0.1, 0.15) is 5.75 Å². The van der Waals surface area contributed by atoms with Gasteiger partial charge >= 0.3 is 0 Å². The van der Waals surface area contributed by atoms with E-state index in [9.17, 15) is 0 Å². The summed E-state index contributed by atoms with van der Waals surface area (Å²) < 4.78 is 5.76. The molecule has 0 heterocycles. The third-order valence-electron chi connectivity index (χ3n) is 3.98. The topological polar surface area (TPSA) is 47.3 Å². The molecule has 0 spiro atoms. The van der Waals surface area contributed by atoms with E-state index in [1.54, 1.807) is 0 Å². The van der Waals surface area contributed by atoms with E-state index in [1.807, 2.05) is 19.9 Å². The van der Waals surface area contributed by atoms with Gasteiger partial charge in [-0.15, -0.1) is 0 Å². The average Bonchev–Trinajstić information content (AvgIpc) is 2.76. The van der Waals surface area contributed by atoms with Crippen LogP contribution in [-0.4, -0.2) is 6.10 Å². The quantitative estimate of drug-likeness (QED) is 0.631. The second-order valence-electron chi connectivity index (χ2n) is 6.06. The molecule has 1 aromatic rings. The van der Waals surface area contributed by atoms with Crippen molar-refractivity contribution in [1.29, 1.82) is 0 Å². The van der Waals surface area contributed by atoms with Crippen molar-refractivity contribution in [2.24, 2.45) is 17.7 Å². The Balaban J connectivity index is 2.13. The van der Waals surface area contributed by atoms with Crippen LogP contribution in [0.1, 0.15) is 51.6 Å². The summed E-state index contributed by atoms with van der Waals surface area (Å²) in [6.07, 6.45) is 4.02. The molecule has 0 radical (unpaired) electrons. The second-order valence-corrected chi connectivity index (χ2v) is 6.06. The van der Waals surface area contributed by atoms with Crippen molar-refractivity contribution in [3.63, 3.8) is 0 Å². The zero-order valence-corrected chi connectivity index (χ0v) is 12.2. The van der Waals surface area contributed by atoms with Crippen LogP contribution in [0.4, 0.5) is 0 Å². The van der Waals surface area contributed by atoms with Crippen LogP contribution in [0.15, 0.2) is 24.3 Å². The molecule has 0 aliphatic heterocycles. The number of nitrogens with two attached hydrogens (primary N) is 1. The number of benzene rings is 1. The Hall–Kier alpha value is -1.06. The predicted octanol–water partition coefficient (Wildman–Crippen LogP) is 3.41. The van der Waals surface area contributed by atoms with Crippen molar-refractivity contribution in [2.75, 3.05) is 0 Å². The molecular formula is C16H26N2O. The predicted molar refractivity (Wildman–Crippen MR) is 78.8 cm³/mol. The normalized spacial score (nSPS) is 24.7. The first-order valence-electron chi connectivity index (χ1n) is 7.33. The molecule has 1 aromatic carbocycles. The van der Waals surface area contributed by atoms with E-state index < -0.39 is 0 Å². The van der Waals surface area contributed by atoms with Crippen molar-refractivity contribution < 1.29 is 4.74 Å². The average molecular weight is 262 g/mol. The van der Waals surface area contributed by atoms with Crippen molar-refractivity contribution >= 4 is 0 Å². The van der Waals surface area contributed by atoms with E-state index in [1.165, 1.54) is 24.8 Å². The number of rotatable bonds is 5. The third-order valence-corrected chi connectivity index (χ3v) is 3.98. The minimum absolute atomic E-state index is 0.200. The summed E-state index contributed by atoms with van der Waals surface area (Å²) in [5.74, 6) is 8.17. The van der Waals surface area contributed by atoms with Gasteiger partial charge in [0.2, 0.25) is 0 Å². The fourth-order valence-corrected chi connectivity index (χ4v) is 3.11. The maximum atomic E-state index is 5.79. The van der Waals surface area contributed by atoms with Crippen LogP contribution in [0.25, 0.3) is 0 Å². The van der Waals surface area contributed by atoms with Gasteiger partial charge in [0.05, 0.1) is 6.10 Å². The molecular weight excluding hydrogens is 236 g/mol. The van der Waals surface area contributed by atoms with E-state index in [4.69, 9.17) is 10.6 Å². The van der Waals surface area contributed by atoms with Gasteiger partial charge < -0.3 is 4.74 Å². The highest BCUT2D eigenvalue weighted by atomic mass is 16.5. The van der Waals surface area contributed by atoms with Gasteiger partial charge in [0.15, 0.2) is 0 Å². The Morgan fingerprint density at radius 3 is 2.68 bits per heavy atom. The van der Waals surface area contributed by atoms with E-state index in [-0.39, 0.29) is 12.1 Å². The molecule has 0 amide bonds. The summed E-state index contributed by atoms with van der Waals surface area (Å²) in [4.78, 5) is 0. The Kier molecular flexibility index (Phi) is 4.83. The van der Waals surface area contributed by atoms with Gasteiger partial charge in [-0.2, -0.15) is 0 Å². The van der Waals surface area contributed by atoms with E-state index >= 15 is 0 Å². The standard InChI is InChI=1S/C16H26N2O/c1-11(2)19-15-6-4-5-13(10-15)16(18-17)14-8-7-12(3)9-14/h4-6,10-12,14,16,18H,7-9,17H2,1-3H3. The number of hydrogen-bond donors (Lipinski definition) is 2. The fourth-order valence-electron chi connectivity index (χ4n) is 3.11. The lowest BCUT2D eigenvalue weighted by Crippen LogP contribution is -2.32. The zero-order chi connectivity index (χ0) is 13.8. The van der Waals surface area contributed by atoms with Crippen LogP contribution in [0.5, 0.6) is 5.75 Å². The molecule has 3 atom stereocenters. The summed E-state index contributed by atoms with van der Waals surface area (Å²) in [7, 11) is 0. The molecule has 2 rings (SSSR count). The maximum absolute atomic E-state index is 5.79. The Labute approximate surface area is 116 Å². The summed E-state index contributed by atoms with van der Waals surface area (Å²) in [6.45, 7) is 6.42. The highest BCUT2D eigenvalue weighted by Gasteiger charge is 2.29. The van der Waals surface area contributed by atoms with Crippen molar-refractivity contribution in [3.05, 3.63) is 29.8 Å².